The van der Waals surface area contributed by atoms with Crippen molar-refractivity contribution in [1.29, 1.82) is 0 Å². The standard InChI is InChI=1S/C22H30N2O.2ClH/c1-3-18(2)22(24-14-12-23-13-15-24)20-10-7-11-21(16-20)25-17-19-8-5-4-6-9-19;;/h4-11,16,18,22-23H,3,12-15,17H2,1-2H3;2*1H/t18?,22-;;/m0../s1. The highest BCUT2D eigenvalue weighted by atomic mass is 35.5. The molecular weight excluding hydrogens is 379 g/mol. The Labute approximate surface area is 176 Å². The summed E-state index contributed by atoms with van der Waals surface area (Å²) in [6.07, 6.45) is 1.18. The van der Waals surface area contributed by atoms with Crippen molar-refractivity contribution >= 4 is 24.8 Å². The summed E-state index contributed by atoms with van der Waals surface area (Å²) in [5, 5.41) is 3.46. The van der Waals surface area contributed by atoms with Gasteiger partial charge in [-0.2, -0.15) is 0 Å². The van der Waals surface area contributed by atoms with E-state index in [-0.39, 0.29) is 24.8 Å². The minimum Gasteiger partial charge on any atom is -0.489 e. The Morgan fingerprint density at radius 1 is 1.00 bits per heavy atom. The Balaban J connectivity index is 0.00000182. The van der Waals surface area contributed by atoms with Gasteiger partial charge in [0.2, 0.25) is 0 Å². The van der Waals surface area contributed by atoms with Crippen LogP contribution in [0.4, 0.5) is 0 Å². The third-order valence-corrected chi connectivity index (χ3v) is 5.18. The maximum absolute atomic E-state index is 6.05. The Bertz CT molecular complexity index is 648. The fourth-order valence-electron chi connectivity index (χ4n) is 3.61. The van der Waals surface area contributed by atoms with Gasteiger partial charge in [-0.15, -0.1) is 24.8 Å². The largest absolute Gasteiger partial charge is 0.489 e. The number of rotatable bonds is 7. The van der Waals surface area contributed by atoms with E-state index in [1.807, 2.05) is 6.07 Å². The van der Waals surface area contributed by atoms with Crippen molar-refractivity contribution in [3.63, 3.8) is 0 Å². The molecule has 150 valence electrons. The van der Waals surface area contributed by atoms with E-state index >= 15 is 0 Å². The number of ether oxygens (including phenoxy) is 1. The molecule has 0 aromatic heterocycles. The van der Waals surface area contributed by atoms with E-state index in [2.05, 4.69) is 72.6 Å². The zero-order valence-corrected chi connectivity index (χ0v) is 17.9. The number of nitrogens with one attached hydrogen (secondary N) is 1. The average molecular weight is 411 g/mol. The number of hydrogen-bond acceptors (Lipinski definition) is 3. The molecule has 0 bridgehead atoms. The quantitative estimate of drug-likeness (QED) is 0.686. The van der Waals surface area contributed by atoms with Crippen molar-refractivity contribution in [3.05, 3.63) is 65.7 Å². The average Bonchev–Trinajstić information content (AvgIpc) is 2.68. The van der Waals surface area contributed by atoms with Gasteiger partial charge in [-0.3, -0.25) is 4.90 Å². The van der Waals surface area contributed by atoms with Crippen molar-refractivity contribution in [2.75, 3.05) is 26.2 Å². The minimum atomic E-state index is 0. The molecule has 3 nitrogen and oxygen atoms in total. The predicted octanol–water partition coefficient (Wildman–Crippen LogP) is 5.10. The van der Waals surface area contributed by atoms with Gasteiger partial charge in [-0.25, -0.2) is 0 Å². The SMILES string of the molecule is CCC(C)[C@@H](c1cccc(OCc2ccccc2)c1)N1CCNCC1.Cl.Cl. The van der Waals surface area contributed by atoms with Gasteiger partial charge in [0.1, 0.15) is 12.4 Å². The molecule has 0 amide bonds. The van der Waals surface area contributed by atoms with Crippen molar-refractivity contribution < 1.29 is 4.74 Å². The van der Waals surface area contributed by atoms with Crippen LogP contribution in [0.1, 0.15) is 37.4 Å². The summed E-state index contributed by atoms with van der Waals surface area (Å²) in [5.74, 6) is 1.59. The maximum atomic E-state index is 6.05. The summed E-state index contributed by atoms with van der Waals surface area (Å²) in [7, 11) is 0. The zero-order valence-electron chi connectivity index (χ0n) is 16.3. The van der Waals surface area contributed by atoms with Crippen molar-refractivity contribution in [2.24, 2.45) is 5.92 Å². The van der Waals surface area contributed by atoms with E-state index < -0.39 is 0 Å². The van der Waals surface area contributed by atoms with Crippen LogP contribution in [0.5, 0.6) is 5.75 Å². The summed E-state index contributed by atoms with van der Waals surface area (Å²) < 4.78 is 6.05. The molecule has 3 rings (SSSR count). The lowest BCUT2D eigenvalue weighted by atomic mass is 9.90. The Kier molecular flexibility index (Phi) is 10.8. The van der Waals surface area contributed by atoms with Crippen LogP contribution in [0.25, 0.3) is 0 Å². The van der Waals surface area contributed by atoms with Crippen LogP contribution in [0.15, 0.2) is 54.6 Å². The van der Waals surface area contributed by atoms with Crippen molar-refractivity contribution in [3.8, 4) is 5.75 Å². The van der Waals surface area contributed by atoms with Gasteiger partial charge < -0.3 is 10.1 Å². The zero-order chi connectivity index (χ0) is 17.5. The van der Waals surface area contributed by atoms with Gasteiger partial charge in [0.25, 0.3) is 0 Å². The number of nitrogens with zero attached hydrogens (tertiary/aromatic N) is 1. The lowest BCUT2D eigenvalue weighted by Gasteiger charge is -2.38. The summed E-state index contributed by atoms with van der Waals surface area (Å²) in [5.41, 5.74) is 2.58. The van der Waals surface area contributed by atoms with E-state index in [0.717, 1.165) is 31.9 Å². The third kappa shape index (κ3) is 6.69. The molecule has 2 aromatic carbocycles. The molecule has 1 aliphatic rings. The van der Waals surface area contributed by atoms with E-state index in [0.29, 0.717) is 18.6 Å². The van der Waals surface area contributed by atoms with Crippen LogP contribution in [0.2, 0.25) is 0 Å². The third-order valence-electron chi connectivity index (χ3n) is 5.18. The Hall–Kier alpha value is -1.26. The van der Waals surface area contributed by atoms with Crippen molar-refractivity contribution in [1.82, 2.24) is 10.2 Å². The van der Waals surface area contributed by atoms with E-state index in [4.69, 9.17) is 4.74 Å². The topological polar surface area (TPSA) is 24.5 Å². The molecule has 1 aliphatic heterocycles. The van der Waals surface area contributed by atoms with Gasteiger partial charge in [-0.1, -0.05) is 62.7 Å². The highest BCUT2D eigenvalue weighted by molar-refractivity contribution is 5.85. The van der Waals surface area contributed by atoms with Crippen molar-refractivity contribution in [2.45, 2.75) is 32.9 Å². The first-order valence-corrected chi connectivity index (χ1v) is 9.49. The lowest BCUT2D eigenvalue weighted by molar-refractivity contribution is 0.128. The predicted molar refractivity (Wildman–Crippen MR) is 118 cm³/mol. The summed E-state index contributed by atoms with van der Waals surface area (Å²) in [6.45, 7) is 9.66. The van der Waals surface area contributed by atoms with Crippen LogP contribution in [0.3, 0.4) is 0 Å². The smallest absolute Gasteiger partial charge is 0.120 e. The molecule has 27 heavy (non-hydrogen) atoms. The Morgan fingerprint density at radius 3 is 2.37 bits per heavy atom. The monoisotopic (exact) mass is 410 g/mol. The number of halogens is 2. The van der Waals surface area contributed by atoms with Crippen LogP contribution >= 0.6 is 24.8 Å². The minimum absolute atomic E-state index is 0. The van der Waals surface area contributed by atoms with E-state index in [1.54, 1.807) is 0 Å². The molecule has 1 fully saturated rings. The van der Waals surface area contributed by atoms with Crippen LogP contribution in [0, 0.1) is 5.92 Å². The highest BCUT2D eigenvalue weighted by Crippen LogP contribution is 2.32. The number of benzene rings is 2. The maximum Gasteiger partial charge on any atom is 0.120 e. The van der Waals surface area contributed by atoms with Crippen LogP contribution in [-0.4, -0.2) is 31.1 Å². The van der Waals surface area contributed by atoms with Gasteiger partial charge in [-0.05, 0) is 29.2 Å². The second-order valence-corrected chi connectivity index (χ2v) is 6.96. The van der Waals surface area contributed by atoms with Crippen LogP contribution in [-0.2, 0) is 6.61 Å². The molecule has 1 N–H and O–H groups in total. The summed E-state index contributed by atoms with van der Waals surface area (Å²) >= 11 is 0. The fourth-order valence-corrected chi connectivity index (χ4v) is 3.61. The number of hydrogen-bond donors (Lipinski definition) is 1. The second kappa shape index (κ2) is 12.2. The first-order chi connectivity index (χ1) is 12.3. The van der Waals surface area contributed by atoms with Gasteiger partial charge in [0, 0.05) is 32.2 Å². The molecule has 1 saturated heterocycles. The van der Waals surface area contributed by atoms with Crippen LogP contribution < -0.4 is 10.1 Å². The molecular formula is C22H32Cl2N2O. The summed E-state index contributed by atoms with van der Waals surface area (Å²) in [6, 6.07) is 19.5. The molecule has 1 heterocycles. The van der Waals surface area contributed by atoms with E-state index in [1.165, 1.54) is 17.5 Å². The molecule has 0 aliphatic carbocycles. The molecule has 5 heteroatoms. The van der Waals surface area contributed by atoms with E-state index in [9.17, 15) is 0 Å². The molecule has 0 spiro atoms. The van der Waals surface area contributed by atoms with Gasteiger partial charge in [0.15, 0.2) is 0 Å². The van der Waals surface area contributed by atoms with Gasteiger partial charge in [0.05, 0.1) is 0 Å². The molecule has 0 radical (unpaired) electrons. The molecule has 2 aromatic rings. The highest BCUT2D eigenvalue weighted by Gasteiger charge is 2.26. The normalized spacial score (nSPS) is 16.5. The Morgan fingerprint density at radius 2 is 1.70 bits per heavy atom. The molecule has 1 unspecified atom stereocenters. The molecule has 0 saturated carbocycles. The second-order valence-electron chi connectivity index (χ2n) is 6.96. The fraction of sp³-hybridized carbons (Fsp3) is 0.455. The summed E-state index contributed by atoms with van der Waals surface area (Å²) in [4.78, 5) is 2.63. The first-order valence-electron chi connectivity index (χ1n) is 9.49. The lowest BCUT2D eigenvalue weighted by Crippen LogP contribution is -2.46. The first kappa shape index (κ1) is 23.8. The number of piperazine rings is 1. The van der Waals surface area contributed by atoms with Gasteiger partial charge >= 0.3 is 0 Å². The molecule has 2 atom stereocenters.